The number of carbonyl (C=O) groups excluding carboxylic acids is 1. The molecule has 0 aromatic heterocycles. The summed E-state index contributed by atoms with van der Waals surface area (Å²) in [5, 5.41) is 10.4. The molecule has 5 unspecified atom stereocenters. The van der Waals surface area contributed by atoms with Crippen LogP contribution in [0.5, 0.6) is 0 Å². The van der Waals surface area contributed by atoms with Crippen LogP contribution in [-0.4, -0.2) is 42.3 Å². The highest BCUT2D eigenvalue weighted by atomic mass is 16.5. The van der Waals surface area contributed by atoms with E-state index in [0.717, 1.165) is 19.3 Å². The standard InChI is InChI=1S/C13H26N4O3/c1-3-4-5-8(14)10-9(17-13(15)16)6-7(11(10)18)12(19)20-2/h7-11,18H,3-6,14H2,1-2H3,(H4,15,16,17). The quantitative estimate of drug-likeness (QED) is 0.290. The van der Waals surface area contributed by atoms with Crippen molar-refractivity contribution in [2.45, 2.75) is 50.8 Å². The van der Waals surface area contributed by atoms with E-state index in [0.29, 0.717) is 6.42 Å². The Morgan fingerprint density at radius 2 is 2.15 bits per heavy atom. The van der Waals surface area contributed by atoms with E-state index in [-0.39, 0.29) is 24.0 Å². The molecule has 116 valence electrons. The topological polar surface area (TPSA) is 137 Å². The number of aliphatic hydroxyl groups excluding tert-OH is 1. The molecular weight excluding hydrogens is 260 g/mol. The normalized spacial score (nSPS) is 30.8. The van der Waals surface area contributed by atoms with E-state index >= 15 is 0 Å². The lowest BCUT2D eigenvalue weighted by Crippen LogP contribution is -2.42. The van der Waals surface area contributed by atoms with Gasteiger partial charge in [-0.15, -0.1) is 0 Å². The Morgan fingerprint density at radius 3 is 2.65 bits per heavy atom. The van der Waals surface area contributed by atoms with Crippen molar-refractivity contribution in [1.29, 1.82) is 0 Å². The van der Waals surface area contributed by atoms with Gasteiger partial charge in [-0.25, -0.2) is 4.99 Å². The maximum atomic E-state index is 11.7. The van der Waals surface area contributed by atoms with Crippen LogP contribution in [0.25, 0.3) is 0 Å². The average molecular weight is 286 g/mol. The first-order valence-corrected chi connectivity index (χ1v) is 7.02. The van der Waals surface area contributed by atoms with Crippen molar-refractivity contribution in [3.05, 3.63) is 0 Å². The number of nitrogens with zero attached hydrogens (tertiary/aromatic N) is 1. The number of ether oxygens (including phenoxy) is 1. The second kappa shape index (κ2) is 7.44. The third kappa shape index (κ3) is 3.83. The van der Waals surface area contributed by atoms with Crippen molar-refractivity contribution in [2.24, 2.45) is 34.0 Å². The number of methoxy groups -OCH3 is 1. The molecule has 1 fully saturated rings. The maximum absolute atomic E-state index is 11.7. The molecule has 20 heavy (non-hydrogen) atoms. The molecule has 7 heteroatoms. The predicted octanol–water partition coefficient (Wildman–Crippen LogP) is -0.684. The summed E-state index contributed by atoms with van der Waals surface area (Å²) >= 11 is 0. The van der Waals surface area contributed by atoms with Gasteiger partial charge in [0.1, 0.15) is 0 Å². The molecule has 0 saturated heterocycles. The number of carbonyl (C=O) groups is 1. The highest BCUT2D eigenvalue weighted by Crippen LogP contribution is 2.37. The van der Waals surface area contributed by atoms with E-state index < -0.39 is 18.0 Å². The second-order valence-electron chi connectivity index (χ2n) is 5.36. The van der Waals surface area contributed by atoms with Crippen LogP contribution in [0.1, 0.15) is 32.6 Å². The van der Waals surface area contributed by atoms with Gasteiger partial charge in [0, 0.05) is 12.0 Å². The number of hydrogen-bond donors (Lipinski definition) is 4. The first-order chi connectivity index (χ1) is 9.42. The molecular formula is C13H26N4O3. The van der Waals surface area contributed by atoms with Gasteiger partial charge in [0.25, 0.3) is 0 Å². The van der Waals surface area contributed by atoms with Crippen LogP contribution in [0, 0.1) is 11.8 Å². The summed E-state index contributed by atoms with van der Waals surface area (Å²) < 4.78 is 4.72. The molecule has 0 aromatic rings. The van der Waals surface area contributed by atoms with Gasteiger partial charge in [0.05, 0.1) is 25.2 Å². The molecule has 1 saturated carbocycles. The van der Waals surface area contributed by atoms with Crippen LogP contribution in [0.15, 0.2) is 4.99 Å². The van der Waals surface area contributed by atoms with Crippen molar-refractivity contribution < 1.29 is 14.6 Å². The zero-order chi connectivity index (χ0) is 15.3. The molecule has 1 aliphatic carbocycles. The SMILES string of the molecule is CCCCC(N)C1C(N=C(N)N)CC(C(=O)OC)C1O. The number of esters is 1. The summed E-state index contributed by atoms with van der Waals surface area (Å²) in [6.07, 6.45) is 2.23. The fraction of sp³-hybridized carbons (Fsp3) is 0.846. The highest BCUT2D eigenvalue weighted by Gasteiger charge is 2.48. The summed E-state index contributed by atoms with van der Waals surface area (Å²) in [7, 11) is 1.30. The molecule has 0 aliphatic heterocycles. The average Bonchev–Trinajstić information content (AvgIpc) is 2.71. The number of aliphatic imine (C=N–C) groups is 1. The number of hydrogen-bond acceptors (Lipinski definition) is 5. The largest absolute Gasteiger partial charge is 0.469 e. The number of guanidine groups is 1. The molecule has 7 N–H and O–H groups in total. The smallest absolute Gasteiger partial charge is 0.311 e. The van der Waals surface area contributed by atoms with Gasteiger partial charge in [0.15, 0.2) is 5.96 Å². The summed E-state index contributed by atoms with van der Waals surface area (Å²) in [5.41, 5.74) is 17.0. The molecule has 1 aliphatic rings. The monoisotopic (exact) mass is 286 g/mol. The Labute approximate surface area is 119 Å². The van der Waals surface area contributed by atoms with Crippen molar-refractivity contribution in [3.8, 4) is 0 Å². The van der Waals surface area contributed by atoms with Crippen molar-refractivity contribution in [2.75, 3.05) is 7.11 Å². The molecule has 0 bridgehead atoms. The molecule has 0 aromatic carbocycles. The summed E-state index contributed by atoms with van der Waals surface area (Å²) in [6.45, 7) is 2.07. The fourth-order valence-corrected chi connectivity index (χ4v) is 2.94. The molecule has 7 nitrogen and oxygen atoms in total. The minimum absolute atomic E-state index is 0.0552. The Kier molecular flexibility index (Phi) is 6.22. The predicted molar refractivity (Wildman–Crippen MR) is 76.7 cm³/mol. The zero-order valence-corrected chi connectivity index (χ0v) is 12.2. The van der Waals surface area contributed by atoms with Gasteiger partial charge >= 0.3 is 5.97 Å². The third-order valence-electron chi connectivity index (χ3n) is 3.95. The van der Waals surface area contributed by atoms with Gasteiger partial charge in [-0.05, 0) is 12.8 Å². The second-order valence-corrected chi connectivity index (χ2v) is 5.36. The van der Waals surface area contributed by atoms with Crippen LogP contribution in [0.2, 0.25) is 0 Å². The molecule has 0 radical (unpaired) electrons. The number of nitrogens with two attached hydrogens (primary N) is 3. The minimum Gasteiger partial charge on any atom is -0.469 e. The van der Waals surface area contributed by atoms with Crippen molar-refractivity contribution in [1.82, 2.24) is 0 Å². The van der Waals surface area contributed by atoms with E-state index in [1.165, 1.54) is 7.11 Å². The molecule has 1 rings (SSSR count). The lowest BCUT2D eigenvalue weighted by Gasteiger charge is -2.26. The Morgan fingerprint density at radius 1 is 1.50 bits per heavy atom. The van der Waals surface area contributed by atoms with E-state index in [4.69, 9.17) is 21.9 Å². The Bertz CT molecular complexity index is 358. The van der Waals surface area contributed by atoms with Crippen LogP contribution in [0.4, 0.5) is 0 Å². The molecule has 0 heterocycles. The van der Waals surface area contributed by atoms with Gasteiger partial charge in [-0.3, -0.25) is 4.79 Å². The van der Waals surface area contributed by atoms with Crippen LogP contribution in [-0.2, 0) is 9.53 Å². The zero-order valence-electron chi connectivity index (χ0n) is 12.2. The van der Waals surface area contributed by atoms with Crippen LogP contribution < -0.4 is 17.2 Å². The molecule has 0 amide bonds. The number of unbranched alkanes of at least 4 members (excludes halogenated alkanes) is 1. The van der Waals surface area contributed by atoms with Crippen molar-refractivity contribution >= 4 is 11.9 Å². The van der Waals surface area contributed by atoms with Crippen LogP contribution >= 0.6 is 0 Å². The van der Waals surface area contributed by atoms with E-state index in [1.54, 1.807) is 0 Å². The lowest BCUT2D eigenvalue weighted by atomic mass is 9.89. The van der Waals surface area contributed by atoms with Gasteiger partial charge in [-0.2, -0.15) is 0 Å². The summed E-state index contributed by atoms with van der Waals surface area (Å²) in [4.78, 5) is 15.8. The molecule has 0 spiro atoms. The van der Waals surface area contributed by atoms with E-state index in [1.807, 2.05) is 0 Å². The van der Waals surface area contributed by atoms with E-state index in [9.17, 15) is 9.90 Å². The maximum Gasteiger partial charge on any atom is 0.311 e. The fourth-order valence-electron chi connectivity index (χ4n) is 2.94. The van der Waals surface area contributed by atoms with Crippen molar-refractivity contribution in [3.63, 3.8) is 0 Å². The first-order valence-electron chi connectivity index (χ1n) is 7.02. The number of rotatable bonds is 6. The van der Waals surface area contributed by atoms with Gasteiger partial charge in [0.2, 0.25) is 0 Å². The number of aliphatic hydroxyl groups is 1. The first kappa shape index (κ1) is 16.7. The lowest BCUT2D eigenvalue weighted by molar-refractivity contribution is -0.148. The Hall–Kier alpha value is -1.34. The Balaban J connectivity index is 2.90. The van der Waals surface area contributed by atoms with Crippen LogP contribution in [0.3, 0.4) is 0 Å². The van der Waals surface area contributed by atoms with E-state index in [2.05, 4.69) is 11.9 Å². The molecule has 5 atom stereocenters. The summed E-state index contributed by atoms with van der Waals surface area (Å²) in [6, 6.07) is -0.585. The van der Waals surface area contributed by atoms with Gasteiger partial charge < -0.3 is 27.0 Å². The third-order valence-corrected chi connectivity index (χ3v) is 3.95. The summed E-state index contributed by atoms with van der Waals surface area (Å²) in [5.74, 6) is -1.45. The minimum atomic E-state index is -0.873. The van der Waals surface area contributed by atoms with Gasteiger partial charge in [-0.1, -0.05) is 19.8 Å². The highest BCUT2D eigenvalue weighted by molar-refractivity contribution is 5.76.